The van der Waals surface area contributed by atoms with E-state index in [4.69, 9.17) is 15.4 Å². The van der Waals surface area contributed by atoms with Crippen LogP contribution in [-0.2, 0) is 0 Å². The smallest absolute Gasteiger partial charge is 0.270 e. The van der Waals surface area contributed by atoms with Crippen LogP contribution in [0, 0.1) is 0 Å². The summed E-state index contributed by atoms with van der Waals surface area (Å²) in [6.45, 7) is 1.81. The van der Waals surface area contributed by atoms with E-state index in [1.165, 1.54) is 12.3 Å². The van der Waals surface area contributed by atoms with Crippen molar-refractivity contribution in [3.8, 4) is 0 Å². The van der Waals surface area contributed by atoms with E-state index in [0.717, 1.165) is 0 Å². The van der Waals surface area contributed by atoms with Crippen LogP contribution in [0.3, 0.4) is 0 Å². The molecule has 2 rings (SSSR count). The van der Waals surface area contributed by atoms with Crippen molar-refractivity contribution in [1.82, 2.24) is 10.3 Å². The van der Waals surface area contributed by atoms with Crippen molar-refractivity contribution in [3.63, 3.8) is 0 Å². The minimum absolute atomic E-state index is 0.0617. The number of nitrogens with one attached hydrogen (secondary N) is 1. The van der Waals surface area contributed by atoms with Gasteiger partial charge in [0.15, 0.2) is 5.84 Å². The fourth-order valence-corrected chi connectivity index (χ4v) is 1.62. The summed E-state index contributed by atoms with van der Waals surface area (Å²) in [6.07, 6.45) is 2.91. The highest BCUT2D eigenvalue weighted by atomic mass is 16.4. The minimum atomic E-state index is -0.333. The van der Waals surface area contributed by atoms with Gasteiger partial charge in [-0.3, -0.25) is 9.78 Å². The Hall–Kier alpha value is -2.83. The average Bonchev–Trinajstić information content (AvgIpc) is 3.01. The summed E-state index contributed by atoms with van der Waals surface area (Å²) < 4.78 is 5.20. The monoisotopic (exact) mass is 274 g/mol. The van der Waals surface area contributed by atoms with E-state index < -0.39 is 0 Å². The van der Waals surface area contributed by atoms with Gasteiger partial charge in [0.05, 0.1) is 12.3 Å². The average molecular weight is 274 g/mol. The third-order valence-electron chi connectivity index (χ3n) is 2.72. The molecule has 0 aliphatic heterocycles. The highest BCUT2D eigenvalue weighted by Gasteiger charge is 2.14. The first-order valence-electron chi connectivity index (χ1n) is 5.90. The first-order chi connectivity index (χ1) is 9.61. The molecule has 0 spiro atoms. The molecule has 4 N–H and O–H groups in total. The number of aromatic nitrogens is 1. The maximum Gasteiger partial charge on any atom is 0.270 e. The minimum Gasteiger partial charge on any atom is -0.467 e. The van der Waals surface area contributed by atoms with Gasteiger partial charge in [-0.2, -0.15) is 0 Å². The van der Waals surface area contributed by atoms with Crippen LogP contribution in [0.5, 0.6) is 0 Å². The number of hydrogen-bond acceptors (Lipinski definition) is 5. The zero-order valence-electron chi connectivity index (χ0n) is 10.8. The predicted octanol–water partition coefficient (Wildman–Crippen LogP) is 1.26. The van der Waals surface area contributed by atoms with Gasteiger partial charge in [-0.05, 0) is 31.2 Å². The summed E-state index contributed by atoms with van der Waals surface area (Å²) in [4.78, 5) is 15.9. The summed E-state index contributed by atoms with van der Waals surface area (Å²) in [5.74, 6) is 0.264. The Kier molecular flexibility index (Phi) is 3.99. The SMILES string of the molecule is CC(NC(=O)c1ccc(C(N)=NO)cn1)c1ccco1. The van der Waals surface area contributed by atoms with Crippen molar-refractivity contribution < 1.29 is 14.4 Å². The van der Waals surface area contributed by atoms with E-state index in [1.807, 2.05) is 6.92 Å². The lowest BCUT2D eigenvalue weighted by Gasteiger charge is -2.11. The second kappa shape index (κ2) is 5.87. The molecule has 20 heavy (non-hydrogen) atoms. The number of furan rings is 1. The van der Waals surface area contributed by atoms with Gasteiger partial charge in [0.1, 0.15) is 11.5 Å². The highest BCUT2D eigenvalue weighted by Crippen LogP contribution is 2.12. The zero-order valence-corrected chi connectivity index (χ0v) is 10.8. The number of amides is 1. The number of carbonyl (C=O) groups is 1. The lowest BCUT2D eigenvalue weighted by Crippen LogP contribution is -2.27. The van der Waals surface area contributed by atoms with E-state index in [9.17, 15) is 4.79 Å². The molecule has 2 aromatic rings. The molecule has 0 aromatic carbocycles. The van der Waals surface area contributed by atoms with Crippen LogP contribution in [-0.4, -0.2) is 21.9 Å². The van der Waals surface area contributed by atoms with Gasteiger partial charge in [-0.15, -0.1) is 0 Å². The number of hydrogen-bond donors (Lipinski definition) is 3. The van der Waals surface area contributed by atoms with Crippen molar-refractivity contribution in [2.45, 2.75) is 13.0 Å². The number of amidine groups is 1. The Balaban J connectivity index is 2.06. The fraction of sp³-hybridized carbons (Fsp3) is 0.154. The third-order valence-corrected chi connectivity index (χ3v) is 2.72. The van der Waals surface area contributed by atoms with Crippen molar-refractivity contribution in [2.24, 2.45) is 10.9 Å². The molecule has 0 saturated carbocycles. The number of rotatable bonds is 4. The maximum atomic E-state index is 12.0. The quantitative estimate of drug-likeness (QED) is 0.336. The van der Waals surface area contributed by atoms with Crippen molar-refractivity contribution >= 4 is 11.7 Å². The molecular weight excluding hydrogens is 260 g/mol. The predicted molar refractivity (Wildman–Crippen MR) is 71.3 cm³/mol. The van der Waals surface area contributed by atoms with Crippen molar-refractivity contribution in [1.29, 1.82) is 0 Å². The van der Waals surface area contributed by atoms with Crippen LogP contribution in [0.15, 0.2) is 46.3 Å². The summed E-state index contributed by atoms with van der Waals surface area (Å²) >= 11 is 0. The van der Waals surface area contributed by atoms with Gasteiger partial charge in [0, 0.05) is 11.8 Å². The lowest BCUT2D eigenvalue weighted by atomic mass is 10.2. The first-order valence-corrected chi connectivity index (χ1v) is 5.90. The van der Waals surface area contributed by atoms with Crippen LogP contribution >= 0.6 is 0 Å². The molecule has 7 heteroatoms. The molecule has 1 unspecified atom stereocenters. The van der Waals surface area contributed by atoms with Gasteiger partial charge < -0.3 is 20.7 Å². The van der Waals surface area contributed by atoms with Crippen LogP contribution in [0.2, 0.25) is 0 Å². The van der Waals surface area contributed by atoms with Gasteiger partial charge in [0.2, 0.25) is 0 Å². The Bertz CT molecular complexity index is 605. The zero-order chi connectivity index (χ0) is 14.5. The lowest BCUT2D eigenvalue weighted by molar-refractivity contribution is 0.0930. The molecule has 0 fully saturated rings. The second-order valence-electron chi connectivity index (χ2n) is 4.13. The maximum absolute atomic E-state index is 12.0. The molecule has 0 radical (unpaired) electrons. The molecule has 1 atom stereocenters. The van der Waals surface area contributed by atoms with Crippen LogP contribution < -0.4 is 11.1 Å². The molecule has 104 valence electrons. The molecule has 2 heterocycles. The van der Waals surface area contributed by atoms with E-state index in [1.54, 1.807) is 24.5 Å². The van der Waals surface area contributed by atoms with Gasteiger partial charge >= 0.3 is 0 Å². The summed E-state index contributed by atoms with van der Waals surface area (Å²) in [5.41, 5.74) is 6.08. The van der Waals surface area contributed by atoms with Crippen LogP contribution in [0.4, 0.5) is 0 Å². The highest BCUT2D eigenvalue weighted by molar-refractivity contribution is 5.98. The standard InChI is InChI=1S/C13H14N4O3/c1-8(11-3-2-6-20-11)16-13(18)10-5-4-9(7-15-10)12(14)17-19/h2-8,19H,1H3,(H2,14,17)(H,16,18). The molecule has 7 nitrogen and oxygen atoms in total. The topological polar surface area (TPSA) is 114 Å². The molecule has 1 amide bonds. The summed E-state index contributed by atoms with van der Waals surface area (Å²) in [7, 11) is 0. The molecule has 0 aliphatic rings. The summed E-state index contributed by atoms with van der Waals surface area (Å²) in [5, 5.41) is 14.1. The van der Waals surface area contributed by atoms with Gasteiger partial charge in [0.25, 0.3) is 5.91 Å². The van der Waals surface area contributed by atoms with Crippen LogP contribution in [0.1, 0.15) is 34.8 Å². The molecule has 0 saturated heterocycles. The van der Waals surface area contributed by atoms with E-state index in [-0.39, 0.29) is 23.5 Å². The van der Waals surface area contributed by atoms with E-state index >= 15 is 0 Å². The number of carbonyl (C=O) groups excluding carboxylic acids is 1. The molecule has 2 aromatic heterocycles. The van der Waals surface area contributed by atoms with Crippen molar-refractivity contribution in [2.75, 3.05) is 0 Å². The van der Waals surface area contributed by atoms with Crippen LogP contribution in [0.25, 0.3) is 0 Å². The Morgan fingerprint density at radius 3 is 2.85 bits per heavy atom. The first kappa shape index (κ1) is 13.6. The Labute approximate surface area is 115 Å². The van der Waals surface area contributed by atoms with Crippen molar-refractivity contribution in [3.05, 3.63) is 53.7 Å². The van der Waals surface area contributed by atoms with Gasteiger partial charge in [-0.1, -0.05) is 5.16 Å². The molecule has 0 bridgehead atoms. The van der Waals surface area contributed by atoms with E-state index in [2.05, 4.69) is 15.5 Å². The molecule has 0 aliphatic carbocycles. The number of oxime groups is 1. The van der Waals surface area contributed by atoms with E-state index in [0.29, 0.717) is 11.3 Å². The normalized spacial score (nSPS) is 12.9. The largest absolute Gasteiger partial charge is 0.467 e. The number of nitrogens with two attached hydrogens (primary N) is 1. The number of nitrogens with zero attached hydrogens (tertiary/aromatic N) is 2. The Morgan fingerprint density at radius 2 is 2.30 bits per heavy atom. The fourth-order valence-electron chi connectivity index (χ4n) is 1.62. The number of pyridine rings is 1. The summed E-state index contributed by atoms with van der Waals surface area (Å²) in [6, 6.07) is 6.32. The second-order valence-corrected chi connectivity index (χ2v) is 4.13. The molecular formula is C13H14N4O3. The van der Waals surface area contributed by atoms with Gasteiger partial charge in [-0.25, -0.2) is 0 Å². The Morgan fingerprint density at radius 1 is 1.50 bits per heavy atom. The third kappa shape index (κ3) is 2.94.